The molecule has 8 heteroatoms. The number of benzene rings is 1. The van der Waals surface area contributed by atoms with E-state index >= 15 is 0 Å². The van der Waals surface area contributed by atoms with Gasteiger partial charge in [-0.05, 0) is 11.1 Å². The van der Waals surface area contributed by atoms with E-state index in [2.05, 4.69) is 5.43 Å². The summed E-state index contributed by atoms with van der Waals surface area (Å²) >= 11 is 0. The molecule has 0 aliphatic carbocycles. The molecule has 2 rings (SSSR count). The van der Waals surface area contributed by atoms with E-state index in [1.165, 1.54) is 20.5 Å². The first-order valence-corrected chi connectivity index (χ1v) is 7.81. The predicted molar refractivity (Wildman–Crippen MR) is 89.2 cm³/mol. The fourth-order valence-corrected chi connectivity index (χ4v) is 2.34. The van der Waals surface area contributed by atoms with E-state index in [-0.39, 0.29) is 12.2 Å². The van der Waals surface area contributed by atoms with Gasteiger partial charge in [0.25, 0.3) is 0 Å². The van der Waals surface area contributed by atoms with Crippen LogP contribution in [0.15, 0.2) is 30.5 Å². The molecule has 136 valence electrons. The Balaban J connectivity index is 2.03. The molecule has 8 nitrogen and oxygen atoms in total. The fraction of sp³-hybridized carbons (Fsp3) is 0.412. The van der Waals surface area contributed by atoms with Crippen molar-refractivity contribution in [3.05, 3.63) is 41.7 Å². The lowest BCUT2D eigenvalue weighted by molar-refractivity contribution is -0.133. The van der Waals surface area contributed by atoms with Gasteiger partial charge < -0.3 is 18.9 Å². The third-order valence-corrected chi connectivity index (χ3v) is 3.57. The third-order valence-electron chi connectivity index (χ3n) is 3.57. The Morgan fingerprint density at radius 3 is 2.64 bits per heavy atom. The second-order valence-corrected chi connectivity index (χ2v) is 5.20. The Hall–Kier alpha value is -2.58. The minimum atomic E-state index is -0.563. The Bertz CT molecular complexity index is 625. The first-order chi connectivity index (χ1) is 12.2. The van der Waals surface area contributed by atoms with E-state index in [1.54, 1.807) is 29.3 Å². The van der Waals surface area contributed by atoms with Crippen LogP contribution in [0, 0.1) is 0 Å². The molecule has 0 atom stereocenters. The van der Waals surface area contributed by atoms with Crippen LogP contribution >= 0.6 is 0 Å². The molecule has 0 saturated carbocycles. The molecule has 1 aromatic carbocycles. The van der Waals surface area contributed by atoms with Gasteiger partial charge in [0.15, 0.2) is 0 Å². The van der Waals surface area contributed by atoms with Crippen molar-refractivity contribution in [3.8, 4) is 0 Å². The van der Waals surface area contributed by atoms with Crippen LogP contribution in [0.25, 0.3) is 5.57 Å². The molecule has 0 radical (unpaired) electrons. The summed E-state index contributed by atoms with van der Waals surface area (Å²) in [4.78, 5) is 23.9. The van der Waals surface area contributed by atoms with Gasteiger partial charge in [-0.25, -0.2) is 14.6 Å². The Kier molecular flexibility index (Phi) is 7.24. The van der Waals surface area contributed by atoms with Crippen LogP contribution in [0.2, 0.25) is 0 Å². The maximum absolute atomic E-state index is 11.9. The zero-order valence-electron chi connectivity index (χ0n) is 14.3. The largest absolute Gasteiger partial charge is 0.503 e. The summed E-state index contributed by atoms with van der Waals surface area (Å²) in [5, 5.41) is 1.74. The molecule has 1 aliphatic heterocycles. The van der Waals surface area contributed by atoms with Gasteiger partial charge in [-0.15, -0.1) is 0 Å². The number of amides is 1. The summed E-state index contributed by atoms with van der Waals surface area (Å²) in [6.45, 7) is 2.34. The number of hydrogen-bond acceptors (Lipinski definition) is 7. The van der Waals surface area contributed by atoms with Crippen molar-refractivity contribution in [2.24, 2.45) is 0 Å². The second-order valence-electron chi connectivity index (χ2n) is 5.20. The van der Waals surface area contributed by atoms with E-state index in [0.717, 1.165) is 0 Å². The maximum Gasteiger partial charge on any atom is 0.422 e. The molecule has 25 heavy (non-hydrogen) atoms. The normalized spacial score (nSPS) is 15.4. The molecule has 1 fully saturated rings. The van der Waals surface area contributed by atoms with Gasteiger partial charge in [-0.1, -0.05) is 24.3 Å². The van der Waals surface area contributed by atoms with E-state index in [1.807, 2.05) is 0 Å². The number of carbonyl (C=O) groups is 2. The number of nitrogens with one attached hydrogen (secondary N) is 1. The lowest BCUT2D eigenvalue weighted by Gasteiger charge is -2.26. The minimum absolute atomic E-state index is 0.00436. The highest BCUT2D eigenvalue weighted by atomic mass is 16.6. The minimum Gasteiger partial charge on any atom is -0.503 e. The topological polar surface area (TPSA) is 86.3 Å². The van der Waals surface area contributed by atoms with Crippen molar-refractivity contribution in [2.45, 2.75) is 6.61 Å². The molecule has 1 amide bonds. The average molecular weight is 350 g/mol. The summed E-state index contributed by atoms with van der Waals surface area (Å²) in [6.07, 6.45) is 0.741. The number of esters is 1. The van der Waals surface area contributed by atoms with Crippen LogP contribution in [0.4, 0.5) is 4.79 Å². The molecule has 0 spiro atoms. The number of hydrazine groups is 1. The number of morpholine rings is 1. The SMILES string of the molecule is COC=C(C(=O)OC)c1ccccc1COC(=O)NN1CCOCC1. The molecular weight excluding hydrogens is 328 g/mol. The summed E-state index contributed by atoms with van der Waals surface area (Å²) in [6, 6.07) is 7.08. The zero-order chi connectivity index (χ0) is 18.1. The standard InChI is InChI=1S/C17H22N2O6/c1-22-12-15(16(20)23-2)14-6-4-3-5-13(14)11-25-17(21)18-19-7-9-24-10-8-19/h3-6,12H,7-11H2,1-2H3,(H,18,21). The van der Waals surface area contributed by atoms with Gasteiger partial charge in [0.05, 0.1) is 33.7 Å². The molecular formula is C17H22N2O6. The molecule has 0 unspecified atom stereocenters. The van der Waals surface area contributed by atoms with Gasteiger partial charge in [0.2, 0.25) is 0 Å². The first-order valence-electron chi connectivity index (χ1n) is 7.81. The van der Waals surface area contributed by atoms with Crippen molar-refractivity contribution in [1.29, 1.82) is 0 Å². The Morgan fingerprint density at radius 1 is 1.24 bits per heavy atom. The quantitative estimate of drug-likeness (QED) is 0.470. The van der Waals surface area contributed by atoms with Gasteiger partial charge in [0.1, 0.15) is 12.2 Å². The molecule has 1 saturated heterocycles. The molecule has 1 aromatic rings. The van der Waals surface area contributed by atoms with Crippen LogP contribution < -0.4 is 5.43 Å². The van der Waals surface area contributed by atoms with Crippen molar-refractivity contribution >= 4 is 17.6 Å². The predicted octanol–water partition coefficient (Wildman–Crippen LogP) is 1.32. The highest BCUT2D eigenvalue weighted by Crippen LogP contribution is 2.21. The summed E-state index contributed by atoms with van der Waals surface area (Å²) < 4.78 is 20.2. The van der Waals surface area contributed by atoms with Gasteiger partial charge in [0, 0.05) is 13.1 Å². The number of methoxy groups -OCH3 is 2. The van der Waals surface area contributed by atoms with Crippen LogP contribution in [0.3, 0.4) is 0 Å². The van der Waals surface area contributed by atoms with Crippen molar-refractivity contribution in [3.63, 3.8) is 0 Å². The van der Waals surface area contributed by atoms with Crippen LogP contribution in [0.5, 0.6) is 0 Å². The Labute approximate surface area is 146 Å². The van der Waals surface area contributed by atoms with Crippen LogP contribution in [-0.4, -0.2) is 57.6 Å². The second kappa shape index (κ2) is 9.65. The van der Waals surface area contributed by atoms with E-state index in [4.69, 9.17) is 18.9 Å². The van der Waals surface area contributed by atoms with Crippen LogP contribution in [-0.2, 0) is 30.3 Å². The molecule has 1 heterocycles. The average Bonchev–Trinajstić information content (AvgIpc) is 2.65. The lowest BCUT2D eigenvalue weighted by Crippen LogP contribution is -2.48. The van der Waals surface area contributed by atoms with Crippen molar-refractivity contribution in [1.82, 2.24) is 10.4 Å². The number of hydrogen-bond donors (Lipinski definition) is 1. The molecule has 1 N–H and O–H groups in total. The summed E-state index contributed by atoms with van der Waals surface area (Å²) in [5.41, 5.74) is 4.15. The van der Waals surface area contributed by atoms with Gasteiger partial charge >= 0.3 is 12.1 Å². The third kappa shape index (κ3) is 5.47. The lowest BCUT2D eigenvalue weighted by atomic mass is 10.0. The highest BCUT2D eigenvalue weighted by Gasteiger charge is 2.18. The molecule has 0 bridgehead atoms. The van der Waals surface area contributed by atoms with E-state index < -0.39 is 12.1 Å². The first kappa shape index (κ1) is 18.8. The monoisotopic (exact) mass is 350 g/mol. The van der Waals surface area contributed by atoms with Crippen molar-refractivity contribution in [2.75, 3.05) is 40.5 Å². The molecule has 0 aromatic heterocycles. The van der Waals surface area contributed by atoms with Gasteiger partial charge in [-0.2, -0.15) is 0 Å². The summed E-state index contributed by atoms with van der Waals surface area (Å²) in [7, 11) is 2.73. The van der Waals surface area contributed by atoms with Crippen LogP contribution in [0.1, 0.15) is 11.1 Å². The van der Waals surface area contributed by atoms with E-state index in [9.17, 15) is 9.59 Å². The number of nitrogens with zero attached hydrogens (tertiary/aromatic N) is 1. The smallest absolute Gasteiger partial charge is 0.422 e. The summed E-state index contributed by atoms with van der Waals surface area (Å²) in [5.74, 6) is -0.535. The maximum atomic E-state index is 11.9. The fourth-order valence-electron chi connectivity index (χ4n) is 2.34. The van der Waals surface area contributed by atoms with E-state index in [0.29, 0.717) is 37.4 Å². The van der Waals surface area contributed by atoms with Crippen molar-refractivity contribution < 1.29 is 28.5 Å². The Morgan fingerprint density at radius 2 is 1.96 bits per heavy atom. The highest BCUT2D eigenvalue weighted by molar-refractivity contribution is 6.16. The zero-order valence-corrected chi connectivity index (χ0v) is 14.3. The number of ether oxygens (including phenoxy) is 4. The van der Waals surface area contributed by atoms with Gasteiger partial charge in [-0.3, -0.25) is 5.43 Å². The number of carbonyl (C=O) groups excluding carboxylic acids is 2. The number of rotatable bonds is 6. The molecule has 1 aliphatic rings.